The van der Waals surface area contributed by atoms with Crippen LogP contribution in [0.25, 0.3) is 11.2 Å². The first-order valence-corrected chi connectivity index (χ1v) is 16.9. The minimum atomic E-state index is -3.23. The fourth-order valence-corrected chi connectivity index (χ4v) is 5.39. The van der Waals surface area contributed by atoms with Crippen molar-refractivity contribution in [1.82, 2.24) is 24.2 Å². The molecule has 2 N–H and O–H groups in total. The molecule has 0 aromatic carbocycles. The van der Waals surface area contributed by atoms with E-state index < -0.39 is 18.1 Å². The molecule has 2 amide bonds. The van der Waals surface area contributed by atoms with Crippen molar-refractivity contribution in [3.05, 3.63) is 18.5 Å². The zero-order valence-electron chi connectivity index (χ0n) is 20.2. The number of sulfonamides is 1. The topological polar surface area (TPSA) is 118 Å². The number of hydrogen-bond acceptors (Lipinski definition) is 6. The molecule has 1 fully saturated rings. The van der Waals surface area contributed by atoms with Gasteiger partial charge in [-0.15, -0.1) is 0 Å². The number of rotatable bonds is 8. The van der Waals surface area contributed by atoms with Crippen molar-refractivity contribution in [2.45, 2.75) is 58.2 Å². The van der Waals surface area contributed by atoms with Gasteiger partial charge in [0.05, 0.1) is 12.5 Å². The maximum Gasteiger partial charge on any atom is 0.320 e. The summed E-state index contributed by atoms with van der Waals surface area (Å²) < 4.78 is 32.9. The summed E-state index contributed by atoms with van der Waals surface area (Å²) in [6.45, 7) is 11.0. The summed E-state index contributed by atoms with van der Waals surface area (Å²) in [7, 11) is -4.36. The molecule has 2 unspecified atom stereocenters. The number of ether oxygens (including phenoxy) is 1. The quantitative estimate of drug-likeness (QED) is 0.428. The summed E-state index contributed by atoms with van der Waals surface area (Å²) in [5.74, 6) is 0.516. The van der Waals surface area contributed by atoms with Crippen molar-refractivity contribution in [2.75, 3.05) is 31.3 Å². The minimum Gasteiger partial charge on any atom is -0.361 e. The van der Waals surface area contributed by atoms with Crippen LogP contribution in [0.1, 0.15) is 19.8 Å². The highest BCUT2D eigenvalue weighted by molar-refractivity contribution is 7.88. The van der Waals surface area contributed by atoms with Crippen LogP contribution in [0.2, 0.25) is 25.7 Å². The van der Waals surface area contributed by atoms with E-state index in [4.69, 9.17) is 4.74 Å². The molecule has 2 atom stereocenters. The number of urea groups is 1. The molecule has 1 aliphatic rings. The Kier molecular flexibility index (Phi) is 8.14. The number of carbonyl (C=O) groups excluding carboxylic acids is 1. The number of anilines is 1. The van der Waals surface area contributed by atoms with Crippen LogP contribution >= 0.6 is 0 Å². The molecule has 33 heavy (non-hydrogen) atoms. The predicted molar refractivity (Wildman–Crippen MR) is 132 cm³/mol. The molecule has 184 valence electrons. The first-order chi connectivity index (χ1) is 15.4. The van der Waals surface area contributed by atoms with Crippen LogP contribution in [-0.4, -0.2) is 73.4 Å². The SMILES string of the molecule is CC1CCN(S(C)(=O)=O)CCC1NC(=O)Nc1cnc2c(ccn2COCC[Si](C)(C)C)n1. The van der Waals surface area contributed by atoms with Gasteiger partial charge in [0, 0.05) is 40.0 Å². The van der Waals surface area contributed by atoms with Gasteiger partial charge < -0.3 is 14.6 Å². The Morgan fingerprint density at radius 1 is 1.27 bits per heavy atom. The first-order valence-electron chi connectivity index (χ1n) is 11.3. The van der Waals surface area contributed by atoms with Gasteiger partial charge in [0.25, 0.3) is 0 Å². The maximum absolute atomic E-state index is 12.6. The molecule has 3 rings (SSSR count). The average molecular weight is 497 g/mol. The smallest absolute Gasteiger partial charge is 0.320 e. The van der Waals surface area contributed by atoms with Gasteiger partial charge in [0.15, 0.2) is 11.5 Å². The van der Waals surface area contributed by atoms with E-state index in [-0.39, 0.29) is 18.0 Å². The fourth-order valence-electron chi connectivity index (χ4n) is 3.76. The number of amides is 2. The molecule has 0 bridgehead atoms. The van der Waals surface area contributed by atoms with Gasteiger partial charge in [0.2, 0.25) is 10.0 Å². The highest BCUT2D eigenvalue weighted by Crippen LogP contribution is 2.20. The average Bonchev–Trinajstić information content (AvgIpc) is 3.00. The van der Waals surface area contributed by atoms with E-state index >= 15 is 0 Å². The molecule has 10 nitrogen and oxygen atoms in total. The molecule has 2 aromatic heterocycles. The van der Waals surface area contributed by atoms with E-state index in [2.05, 4.69) is 40.2 Å². The molecular weight excluding hydrogens is 460 g/mol. The van der Waals surface area contributed by atoms with Crippen LogP contribution in [0, 0.1) is 5.92 Å². The van der Waals surface area contributed by atoms with Gasteiger partial charge >= 0.3 is 6.03 Å². The van der Waals surface area contributed by atoms with Crippen LogP contribution in [0.4, 0.5) is 10.6 Å². The monoisotopic (exact) mass is 496 g/mol. The Balaban J connectivity index is 1.55. The molecule has 12 heteroatoms. The highest BCUT2D eigenvalue weighted by Gasteiger charge is 2.28. The summed E-state index contributed by atoms with van der Waals surface area (Å²) in [5.41, 5.74) is 1.38. The molecule has 3 heterocycles. The van der Waals surface area contributed by atoms with Crippen molar-refractivity contribution in [2.24, 2.45) is 5.92 Å². The van der Waals surface area contributed by atoms with E-state index in [1.807, 2.05) is 23.8 Å². The van der Waals surface area contributed by atoms with Crippen LogP contribution in [0.5, 0.6) is 0 Å². The second-order valence-electron chi connectivity index (χ2n) is 10.0. The normalized spacial score (nSPS) is 20.5. The van der Waals surface area contributed by atoms with Gasteiger partial charge in [-0.25, -0.2) is 27.5 Å². The van der Waals surface area contributed by atoms with Crippen LogP contribution < -0.4 is 10.6 Å². The largest absolute Gasteiger partial charge is 0.361 e. The van der Waals surface area contributed by atoms with Gasteiger partial charge in [0.1, 0.15) is 12.2 Å². The molecule has 0 spiro atoms. The van der Waals surface area contributed by atoms with Gasteiger partial charge in [-0.3, -0.25) is 5.32 Å². The zero-order chi connectivity index (χ0) is 24.2. The summed E-state index contributed by atoms with van der Waals surface area (Å²) in [6, 6.07) is 2.46. The van der Waals surface area contributed by atoms with E-state index in [1.165, 1.54) is 16.8 Å². The van der Waals surface area contributed by atoms with Crippen molar-refractivity contribution in [3.63, 3.8) is 0 Å². The first kappa shape index (κ1) is 25.6. The fraction of sp³-hybridized carbons (Fsp3) is 0.667. The van der Waals surface area contributed by atoms with Crippen molar-refractivity contribution in [1.29, 1.82) is 0 Å². The molecule has 2 aromatic rings. The molecule has 1 aliphatic heterocycles. The standard InChI is InChI=1S/C21H36N6O4SSi/c1-16-6-10-27(32(2,29)30)11-8-17(16)24-21(28)25-19-14-22-20-18(23-19)7-9-26(20)15-31-12-13-33(3,4)5/h7,9,14,16-17H,6,8,10-13,15H2,1-5H3,(H2,23,24,25,28). The van der Waals surface area contributed by atoms with Crippen LogP contribution in [-0.2, 0) is 21.5 Å². The number of carbonyl (C=O) groups is 1. The molecule has 0 radical (unpaired) electrons. The third kappa shape index (κ3) is 7.49. The Morgan fingerprint density at radius 2 is 2.00 bits per heavy atom. The summed E-state index contributed by atoms with van der Waals surface area (Å²) >= 11 is 0. The Labute approximate surface area is 197 Å². The molecule has 0 saturated carbocycles. The second-order valence-corrected chi connectivity index (χ2v) is 17.6. The lowest BCUT2D eigenvalue weighted by molar-refractivity contribution is 0.0899. The third-order valence-corrected chi connectivity index (χ3v) is 8.93. The number of aromatic nitrogens is 3. The number of hydrogen-bond donors (Lipinski definition) is 2. The number of nitrogens with one attached hydrogen (secondary N) is 2. The van der Waals surface area contributed by atoms with Crippen LogP contribution in [0.3, 0.4) is 0 Å². The molecule has 1 saturated heterocycles. The summed E-state index contributed by atoms with van der Waals surface area (Å²) in [5, 5.41) is 5.72. The molecule has 0 aliphatic carbocycles. The number of fused-ring (bicyclic) bond motifs is 1. The van der Waals surface area contributed by atoms with E-state index in [0.717, 1.165) is 12.7 Å². The zero-order valence-corrected chi connectivity index (χ0v) is 22.0. The van der Waals surface area contributed by atoms with Crippen molar-refractivity contribution < 1.29 is 17.9 Å². The second kappa shape index (κ2) is 10.5. The minimum absolute atomic E-state index is 0.122. The number of nitrogens with zero attached hydrogens (tertiary/aromatic N) is 4. The third-order valence-electron chi connectivity index (χ3n) is 5.93. The summed E-state index contributed by atoms with van der Waals surface area (Å²) in [6.07, 6.45) is 5.89. The van der Waals surface area contributed by atoms with Gasteiger partial charge in [-0.05, 0) is 30.9 Å². The van der Waals surface area contributed by atoms with Crippen molar-refractivity contribution >= 4 is 41.1 Å². The lowest BCUT2D eigenvalue weighted by atomic mass is 9.97. The Bertz CT molecular complexity index is 1070. The Morgan fingerprint density at radius 3 is 2.70 bits per heavy atom. The van der Waals surface area contributed by atoms with Crippen molar-refractivity contribution in [3.8, 4) is 0 Å². The maximum atomic E-state index is 12.6. The van der Waals surface area contributed by atoms with Gasteiger partial charge in [-0.2, -0.15) is 0 Å². The van der Waals surface area contributed by atoms with E-state index in [9.17, 15) is 13.2 Å². The molecular formula is C21H36N6O4SSi. The lowest BCUT2D eigenvalue weighted by Gasteiger charge is -2.22. The Hall–Kier alpha value is -2.02. The van der Waals surface area contributed by atoms with E-state index in [1.54, 1.807) is 0 Å². The van der Waals surface area contributed by atoms with Gasteiger partial charge in [-0.1, -0.05) is 26.6 Å². The van der Waals surface area contributed by atoms with E-state index in [0.29, 0.717) is 49.6 Å². The van der Waals surface area contributed by atoms with Crippen LogP contribution in [0.15, 0.2) is 18.5 Å². The highest BCUT2D eigenvalue weighted by atomic mass is 32.2. The summed E-state index contributed by atoms with van der Waals surface area (Å²) in [4.78, 5) is 21.5. The lowest BCUT2D eigenvalue weighted by Crippen LogP contribution is -2.42. The predicted octanol–water partition coefficient (Wildman–Crippen LogP) is 2.93.